The fourth-order valence-corrected chi connectivity index (χ4v) is 3.57. The number of carbonyl (C=O) groups is 4. The van der Waals surface area contributed by atoms with Crippen LogP contribution in [0.4, 0.5) is 11.4 Å². The van der Waals surface area contributed by atoms with E-state index in [9.17, 15) is 19.2 Å². The highest BCUT2D eigenvalue weighted by Gasteiger charge is 2.33. The largest absolute Gasteiger partial charge is 0.462 e. The molecule has 33 heavy (non-hydrogen) atoms. The molecule has 1 aliphatic rings. The van der Waals surface area contributed by atoms with Crippen molar-refractivity contribution < 1.29 is 23.9 Å². The van der Waals surface area contributed by atoms with Crippen molar-refractivity contribution in [2.75, 3.05) is 30.3 Å². The SMILES string of the molecule is CCCCN1C[C@@H](C(=O)Nc2ccc(C(=O)Nc3ccc(C(=O)OCC)cc3)cc2)CC1=O. The lowest BCUT2D eigenvalue weighted by Gasteiger charge is -2.16. The fourth-order valence-electron chi connectivity index (χ4n) is 3.57. The van der Waals surface area contributed by atoms with Crippen LogP contribution >= 0.6 is 0 Å². The van der Waals surface area contributed by atoms with Gasteiger partial charge in [0.2, 0.25) is 11.8 Å². The average molecular weight is 452 g/mol. The molecule has 0 radical (unpaired) electrons. The van der Waals surface area contributed by atoms with Gasteiger partial charge in [0, 0.05) is 36.4 Å². The zero-order chi connectivity index (χ0) is 23.8. The maximum absolute atomic E-state index is 12.6. The molecule has 2 aromatic carbocycles. The summed E-state index contributed by atoms with van der Waals surface area (Å²) in [6.45, 7) is 5.23. The van der Waals surface area contributed by atoms with Gasteiger partial charge in [-0.05, 0) is 61.9 Å². The summed E-state index contributed by atoms with van der Waals surface area (Å²) in [6.07, 6.45) is 2.16. The van der Waals surface area contributed by atoms with Crippen molar-refractivity contribution in [2.45, 2.75) is 33.1 Å². The number of nitrogens with one attached hydrogen (secondary N) is 2. The number of likely N-dealkylation sites (tertiary alicyclic amines) is 1. The van der Waals surface area contributed by atoms with E-state index in [1.54, 1.807) is 60.4 Å². The maximum Gasteiger partial charge on any atom is 0.338 e. The number of nitrogens with zero attached hydrogens (tertiary/aromatic N) is 1. The molecule has 8 nitrogen and oxygen atoms in total. The van der Waals surface area contributed by atoms with Crippen LogP contribution in [0.3, 0.4) is 0 Å². The van der Waals surface area contributed by atoms with Gasteiger partial charge < -0.3 is 20.3 Å². The minimum Gasteiger partial charge on any atom is -0.462 e. The summed E-state index contributed by atoms with van der Waals surface area (Å²) < 4.78 is 4.94. The van der Waals surface area contributed by atoms with Crippen molar-refractivity contribution in [2.24, 2.45) is 5.92 Å². The number of benzene rings is 2. The number of hydrogen-bond donors (Lipinski definition) is 2. The molecule has 1 heterocycles. The van der Waals surface area contributed by atoms with Crippen molar-refractivity contribution in [3.63, 3.8) is 0 Å². The van der Waals surface area contributed by atoms with Crippen molar-refractivity contribution in [1.29, 1.82) is 0 Å². The summed E-state index contributed by atoms with van der Waals surface area (Å²) >= 11 is 0. The fraction of sp³-hybridized carbons (Fsp3) is 0.360. The van der Waals surface area contributed by atoms with Crippen molar-refractivity contribution in [1.82, 2.24) is 4.90 Å². The molecule has 1 aliphatic heterocycles. The highest BCUT2D eigenvalue weighted by atomic mass is 16.5. The van der Waals surface area contributed by atoms with E-state index in [1.165, 1.54) is 0 Å². The summed E-state index contributed by atoms with van der Waals surface area (Å²) in [7, 11) is 0. The molecular formula is C25H29N3O5. The molecule has 1 atom stereocenters. The van der Waals surface area contributed by atoms with Crippen LogP contribution in [0.15, 0.2) is 48.5 Å². The summed E-state index contributed by atoms with van der Waals surface area (Å²) in [5.74, 6) is -1.27. The quantitative estimate of drug-likeness (QED) is 0.566. The van der Waals surface area contributed by atoms with Gasteiger partial charge in [-0.15, -0.1) is 0 Å². The van der Waals surface area contributed by atoms with Gasteiger partial charge in [0.15, 0.2) is 0 Å². The zero-order valence-corrected chi connectivity index (χ0v) is 18.9. The van der Waals surface area contributed by atoms with E-state index in [0.29, 0.717) is 42.2 Å². The second-order valence-electron chi connectivity index (χ2n) is 7.91. The van der Waals surface area contributed by atoms with E-state index in [-0.39, 0.29) is 30.1 Å². The van der Waals surface area contributed by atoms with Crippen LogP contribution in [0.1, 0.15) is 53.8 Å². The van der Waals surface area contributed by atoms with Crippen molar-refractivity contribution >= 4 is 35.1 Å². The Morgan fingerprint density at radius 3 is 2.15 bits per heavy atom. The highest BCUT2D eigenvalue weighted by Crippen LogP contribution is 2.21. The molecule has 3 amide bonds. The first kappa shape index (κ1) is 24.0. The Hall–Kier alpha value is -3.68. The number of esters is 1. The number of anilines is 2. The summed E-state index contributed by atoms with van der Waals surface area (Å²) in [5, 5.41) is 5.60. The van der Waals surface area contributed by atoms with Crippen LogP contribution in [0.25, 0.3) is 0 Å². The van der Waals surface area contributed by atoms with E-state index in [1.807, 2.05) is 0 Å². The number of unbranched alkanes of at least 4 members (excludes halogenated alkanes) is 1. The number of amides is 3. The Morgan fingerprint density at radius 2 is 1.55 bits per heavy atom. The lowest BCUT2D eigenvalue weighted by atomic mass is 10.1. The summed E-state index contributed by atoms with van der Waals surface area (Å²) in [4.78, 5) is 50.6. The van der Waals surface area contributed by atoms with Gasteiger partial charge in [-0.3, -0.25) is 14.4 Å². The van der Waals surface area contributed by atoms with Crippen LogP contribution in [0.2, 0.25) is 0 Å². The predicted molar refractivity (Wildman–Crippen MR) is 125 cm³/mol. The second kappa shape index (κ2) is 11.3. The normalized spacial score (nSPS) is 15.3. The second-order valence-corrected chi connectivity index (χ2v) is 7.91. The molecule has 3 rings (SSSR count). The maximum atomic E-state index is 12.6. The number of ether oxygens (including phenoxy) is 1. The summed E-state index contributed by atoms with van der Waals surface area (Å²) in [5.41, 5.74) is 1.94. The zero-order valence-electron chi connectivity index (χ0n) is 18.9. The third-order valence-corrected chi connectivity index (χ3v) is 5.44. The third-order valence-electron chi connectivity index (χ3n) is 5.44. The monoisotopic (exact) mass is 451 g/mol. The molecule has 2 N–H and O–H groups in total. The first-order valence-electron chi connectivity index (χ1n) is 11.2. The number of carbonyl (C=O) groups excluding carboxylic acids is 4. The first-order valence-corrected chi connectivity index (χ1v) is 11.2. The lowest BCUT2D eigenvalue weighted by Crippen LogP contribution is -2.29. The molecule has 0 unspecified atom stereocenters. The molecule has 2 aromatic rings. The molecule has 0 spiro atoms. The van der Waals surface area contributed by atoms with Crippen molar-refractivity contribution in [3.8, 4) is 0 Å². The van der Waals surface area contributed by atoms with Gasteiger partial charge in [0.05, 0.1) is 18.1 Å². The van der Waals surface area contributed by atoms with Crippen molar-refractivity contribution in [3.05, 3.63) is 59.7 Å². The Kier molecular flexibility index (Phi) is 8.18. The predicted octanol–water partition coefficient (Wildman–Crippen LogP) is 3.70. The van der Waals surface area contributed by atoms with E-state index in [0.717, 1.165) is 12.8 Å². The van der Waals surface area contributed by atoms with Gasteiger partial charge >= 0.3 is 5.97 Å². The molecule has 0 aromatic heterocycles. The third kappa shape index (κ3) is 6.41. The molecule has 0 aliphatic carbocycles. The van der Waals surface area contributed by atoms with E-state index in [4.69, 9.17) is 4.74 Å². The Labute approximate surface area is 193 Å². The molecular weight excluding hydrogens is 422 g/mol. The average Bonchev–Trinajstić information content (AvgIpc) is 3.19. The van der Waals surface area contributed by atoms with Crippen LogP contribution < -0.4 is 10.6 Å². The molecule has 174 valence electrons. The topological polar surface area (TPSA) is 105 Å². The van der Waals surface area contributed by atoms with Gasteiger partial charge in [0.25, 0.3) is 5.91 Å². The van der Waals surface area contributed by atoms with Gasteiger partial charge in [-0.2, -0.15) is 0 Å². The lowest BCUT2D eigenvalue weighted by molar-refractivity contribution is -0.128. The van der Waals surface area contributed by atoms with Gasteiger partial charge in [-0.1, -0.05) is 13.3 Å². The molecule has 1 fully saturated rings. The molecule has 8 heteroatoms. The summed E-state index contributed by atoms with van der Waals surface area (Å²) in [6, 6.07) is 13.0. The van der Waals surface area contributed by atoms with Crippen LogP contribution in [-0.4, -0.2) is 48.3 Å². The van der Waals surface area contributed by atoms with E-state index in [2.05, 4.69) is 17.6 Å². The number of rotatable bonds is 9. The highest BCUT2D eigenvalue weighted by molar-refractivity contribution is 6.05. The standard InChI is InChI=1S/C25H29N3O5/c1-3-5-14-28-16-19(15-22(28)29)24(31)27-20-10-6-17(7-11-20)23(30)26-21-12-8-18(9-13-21)25(32)33-4-2/h6-13,19H,3-5,14-16H2,1-2H3,(H,26,30)(H,27,31)/t19-/m0/s1. The smallest absolute Gasteiger partial charge is 0.338 e. The van der Waals surface area contributed by atoms with E-state index < -0.39 is 5.97 Å². The van der Waals surface area contributed by atoms with Crippen LogP contribution in [0.5, 0.6) is 0 Å². The molecule has 1 saturated heterocycles. The molecule has 0 saturated carbocycles. The van der Waals surface area contributed by atoms with Crippen LogP contribution in [-0.2, 0) is 14.3 Å². The van der Waals surface area contributed by atoms with Gasteiger partial charge in [-0.25, -0.2) is 4.79 Å². The first-order chi connectivity index (χ1) is 15.9. The molecule has 0 bridgehead atoms. The van der Waals surface area contributed by atoms with Gasteiger partial charge in [0.1, 0.15) is 0 Å². The minimum absolute atomic E-state index is 0.0194. The van der Waals surface area contributed by atoms with Crippen LogP contribution in [0, 0.1) is 5.92 Å². The Balaban J connectivity index is 1.53. The Morgan fingerprint density at radius 1 is 0.939 bits per heavy atom. The number of hydrogen-bond acceptors (Lipinski definition) is 5. The minimum atomic E-state index is -0.413. The Bertz CT molecular complexity index is 1000. The van der Waals surface area contributed by atoms with E-state index >= 15 is 0 Å².